The van der Waals surface area contributed by atoms with Crippen molar-refractivity contribution < 1.29 is 14.3 Å². The molecular weight excluding hydrogens is 408 g/mol. The molecule has 6 heteroatoms. The number of amides is 1. The smallest absolute Gasteiger partial charge is 0.251 e. The van der Waals surface area contributed by atoms with E-state index in [9.17, 15) is 4.79 Å². The molecule has 0 heterocycles. The first-order chi connectivity index (χ1) is 12.9. The van der Waals surface area contributed by atoms with Gasteiger partial charge in [-0.1, -0.05) is 19.9 Å². The van der Waals surface area contributed by atoms with Gasteiger partial charge >= 0.3 is 0 Å². The summed E-state index contributed by atoms with van der Waals surface area (Å²) in [5.41, 5.74) is 2.57. The number of hydrogen-bond donors (Lipinski definition) is 2. The summed E-state index contributed by atoms with van der Waals surface area (Å²) in [4.78, 5) is 12.2. The van der Waals surface area contributed by atoms with Gasteiger partial charge in [-0.3, -0.25) is 4.79 Å². The first-order valence-corrected chi connectivity index (χ1v) is 9.85. The minimum Gasteiger partial charge on any atom is -0.492 e. The Balaban J connectivity index is 2.08. The Morgan fingerprint density at radius 2 is 2.00 bits per heavy atom. The highest BCUT2D eigenvalue weighted by Crippen LogP contribution is 2.36. The van der Waals surface area contributed by atoms with E-state index in [4.69, 9.17) is 9.47 Å². The van der Waals surface area contributed by atoms with Gasteiger partial charge in [-0.15, -0.1) is 0 Å². The zero-order valence-corrected chi connectivity index (χ0v) is 17.9. The van der Waals surface area contributed by atoms with Gasteiger partial charge in [-0.25, -0.2) is 0 Å². The van der Waals surface area contributed by atoms with Crippen LogP contribution < -0.4 is 20.1 Å². The van der Waals surface area contributed by atoms with Crippen molar-refractivity contribution in [1.29, 1.82) is 0 Å². The Kier molecular flexibility index (Phi) is 7.98. The summed E-state index contributed by atoms with van der Waals surface area (Å²) in [5, 5.41) is 6.30. The van der Waals surface area contributed by atoms with Crippen LogP contribution in [0.25, 0.3) is 0 Å². The molecule has 0 fully saturated rings. The fourth-order valence-electron chi connectivity index (χ4n) is 2.56. The number of benzene rings is 2. The third kappa shape index (κ3) is 6.17. The number of anilines is 1. The van der Waals surface area contributed by atoms with Crippen LogP contribution in [0.15, 0.2) is 40.9 Å². The zero-order valence-electron chi connectivity index (χ0n) is 16.3. The van der Waals surface area contributed by atoms with Crippen molar-refractivity contribution in [3.05, 3.63) is 52.0 Å². The summed E-state index contributed by atoms with van der Waals surface area (Å²) in [6, 6.07) is 11.5. The van der Waals surface area contributed by atoms with Crippen LogP contribution in [0.1, 0.15) is 36.7 Å². The van der Waals surface area contributed by atoms with Crippen molar-refractivity contribution in [3.8, 4) is 11.5 Å². The third-order valence-electron chi connectivity index (χ3n) is 3.87. The van der Waals surface area contributed by atoms with Gasteiger partial charge < -0.3 is 20.1 Å². The topological polar surface area (TPSA) is 59.6 Å². The predicted molar refractivity (Wildman–Crippen MR) is 113 cm³/mol. The van der Waals surface area contributed by atoms with E-state index in [-0.39, 0.29) is 5.91 Å². The van der Waals surface area contributed by atoms with Gasteiger partial charge in [0.2, 0.25) is 0 Å². The number of rotatable bonds is 9. The Labute approximate surface area is 169 Å². The second-order valence-corrected chi connectivity index (χ2v) is 7.43. The second-order valence-electron chi connectivity index (χ2n) is 6.58. The van der Waals surface area contributed by atoms with Gasteiger partial charge in [0.25, 0.3) is 5.91 Å². The fourth-order valence-corrected chi connectivity index (χ4v) is 3.21. The van der Waals surface area contributed by atoms with Crippen LogP contribution in [-0.4, -0.2) is 26.2 Å². The largest absolute Gasteiger partial charge is 0.492 e. The maximum absolute atomic E-state index is 12.2. The van der Waals surface area contributed by atoms with E-state index in [1.807, 2.05) is 43.3 Å². The van der Waals surface area contributed by atoms with Crippen molar-refractivity contribution in [2.45, 2.75) is 27.3 Å². The molecule has 0 bridgehead atoms. The van der Waals surface area contributed by atoms with Crippen LogP contribution in [0, 0.1) is 5.92 Å². The number of halogens is 1. The van der Waals surface area contributed by atoms with E-state index < -0.39 is 0 Å². The van der Waals surface area contributed by atoms with Crippen LogP contribution >= 0.6 is 15.9 Å². The minimum atomic E-state index is -0.0572. The number of methoxy groups -OCH3 is 1. The van der Waals surface area contributed by atoms with Gasteiger partial charge in [0, 0.05) is 24.3 Å². The lowest BCUT2D eigenvalue weighted by molar-refractivity contribution is 0.0949. The zero-order chi connectivity index (χ0) is 19.8. The second kappa shape index (κ2) is 10.2. The SMILES string of the molecule is CCOc1cc(CNc2cccc(C(=O)NCC(C)C)c2)cc(Br)c1OC. The quantitative estimate of drug-likeness (QED) is 0.591. The lowest BCUT2D eigenvalue weighted by atomic mass is 10.1. The third-order valence-corrected chi connectivity index (χ3v) is 4.45. The summed E-state index contributed by atoms with van der Waals surface area (Å²) >= 11 is 3.53. The summed E-state index contributed by atoms with van der Waals surface area (Å²) in [6.07, 6.45) is 0. The molecule has 0 spiro atoms. The van der Waals surface area contributed by atoms with Crippen molar-refractivity contribution in [1.82, 2.24) is 5.32 Å². The average molecular weight is 435 g/mol. The molecule has 0 aromatic heterocycles. The average Bonchev–Trinajstić information content (AvgIpc) is 2.65. The van der Waals surface area contributed by atoms with Crippen molar-refractivity contribution in [3.63, 3.8) is 0 Å². The highest BCUT2D eigenvalue weighted by molar-refractivity contribution is 9.10. The minimum absolute atomic E-state index is 0.0572. The van der Waals surface area contributed by atoms with E-state index in [0.29, 0.717) is 42.7 Å². The van der Waals surface area contributed by atoms with E-state index in [0.717, 1.165) is 15.7 Å². The number of carbonyl (C=O) groups excluding carboxylic acids is 1. The fraction of sp³-hybridized carbons (Fsp3) is 0.381. The molecule has 0 unspecified atom stereocenters. The van der Waals surface area contributed by atoms with Crippen LogP contribution in [0.3, 0.4) is 0 Å². The summed E-state index contributed by atoms with van der Waals surface area (Å²) < 4.78 is 11.9. The molecule has 2 aromatic carbocycles. The van der Waals surface area contributed by atoms with Gasteiger partial charge in [0.15, 0.2) is 11.5 Å². The van der Waals surface area contributed by atoms with Gasteiger partial charge in [-0.2, -0.15) is 0 Å². The Morgan fingerprint density at radius 1 is 1.22 bits per heavy atom. The van der Waals surface area contributed by atoms with Crippen molar-refractivity contribution in [2.24, 2.45) is 5.92 Å². The molecule has 0 aliphatic rings. The van der Waals surface area contributed by atoms with E-state index in [1.165, 1.54) is 0 Å². The molecular formula is C21H27BrN2O3. The molecule has 0 saturated carbocycles. The van der Waals surface area contributed by atoms with E-state index in [1.54, 1.807) is 7.11 Å². The summed E-state index contributed by atoms with van der Waals surface area (Å²) in [5.74, 6) is 1.75. The van der Waals surface area contributed by atoms with E-state index >= 15 is 0 Å². The van der Waals surface area contributed by atoms with Crippen molar-refractivity contribution >= 4 is 27.5 Å². The molecule has 1 amide bonds. The molecule has 2 rings (SSSR count). The molecule has 27 heavy (non-hydrogen) atoms. The Hall–Kier alpha value is -2.21. The lowest BCUT2D eigenvalue weighted by Gasteiger charge is -2.14. The molecule has 0 aliphatic heterocycles. The van der Waals surface area contributed by atoms with Crippen LogP contribution in [0.5, 0.6) is 11.5 Å². The van der Waals surface area contributed by atoms with Gasteiger partial charge in [-0.05, 0) is 64.7 Å². The first-order valence-electron chi connectivity index (χ1n) is 9.06. The van der Waals surface area contributed by atoms with E-state index in [2.05, 4.69) is 40.4 Å². The van der Waals surface area contributed by atoms with Crippen molar-refractivity contribution in [2.75, 3.05) is 25.6 Å². The Morgan fingerprint density at radius 3 is 2.67 bits per heavy atom. The summed E-state index contributed by atoms with van der Waals surface area (Å²) in [6.45, 7) is 7.90. The maximum Gasteiger partial charge on any atom is 0.251 e. The van der Waals surface area contributed by atoms with Gasteiger partial charge in [0.05, 0.1) is 18.2 Å². The molecule has 2 aromatic rings. The van der Waals surface area contributed by atoms with Crippen LogP contribution in [0.2, 0.25) is 0 Å². The first kappa shape index (κ1) is 21.1. The molecule has 146 valence electrons. The highest BCUT2D eigenvalue weighted by atomic mass is 79.9. The predicted octanol–water partition coefficient (Wildman–Crippen LogP) is 4.85. The number of hydrogen-bond acceptors (Lipinski definition) is 4. The maximum atomic E-state index is 12.2. The molecule has 5 nitrogen and oxygen atoms in total. The molecule has 0 aliphatic carbocycles. The van der Waals surface area contributed by atoms with Crippen LogP contribution in [-0.2, 0) is 6.54 Å². The normalized spacial score (nSPS) is 10.6. The standard InChI is InChI=1S/C21H27BrN2O3/c1-5-27-19-10-15(9-18(22)20(19)26-4)13-23-17-8-6-7-16(11-17)21(25)24-12-14(2)3/h6-11,14,23H,5,12-13H2,1-4H3,(H,24,25). The van der Waals surface area contributed by atoms with Gasteiger partial charge in [0.1, 0.15) is 0 Å². The molecule has 0 saturated heterocycles. The molecule has 0 atom stereocenters. The monoisotopic (exact) mass is 434 g/mol. The Bertz CT molecular complexity index is 778. The summed E-state index contributed by atoms with van der Waals surface area (Å²) in [7, 11) is 1.62. The van der Waals surface area contributed by atoms with Crippen LogP contribution in [0.4, 0.5) is 5.69 Å². The molecule has 0 radical (unpaired) electrons. The molecule has 2 N–H and O–H groups in total. The highest BCUT2D eigenvalue weighted by Gasteiger charge is 2.11. The number of nitrogens with one attached hydrogen (secondary N) is 2. The number of ether oxygens (including phenoxy) is 2. The number of carbonyl (C=O) groups is 1. The lowest BCUT2D eigenvalue weighted by Crippen LogP contribution is -2.27.